The highest BCUT2D eigenvalue weighted by Crippen LogP contribution is 2.22. The van der Waals surface area contributed by atoms with Gasteiger partial charge in [-0.05, 0) is 44.9 Å². The Bertz CT molecular complexity index is 505. The molecule has 1 saturated heterocycles. The molecule has 1 unspecified atom stereocenters. The maximum atomic E-state index is 12.4. The molecule has 1 heterocycles. The van der Waals surface area contributed by atoms with Gasteiger partial charge in [0.1, 0.15) is 11.8 Å². The first-order chi connectivity index (χ1) is 9.11. The summed E-state index contributed by atoms with van der Waals surface area (Å²) in [6.07, 6.45) is 1.74. The summed E-state index contributed by atoms with van der Waals surface area (Å²) in [5, 5.41) is 9.04. The van der Waals surface area contributed by atoms with Gasteiger partial charge in [-0.25, -0.2) is 0 Å². The molecule has 1 amide bonds. The molecule has 4 nitrogen and oxygen atoms in total. The van der Waals surface area contributed by atoms with Crippen LogP contribution in [0.3, 0.4) is 0 Å². The Morgan fingerprint density at radius 1 is 1.53 bits per heavy atom. The number of nitriles is 1. The van der Waals surface area contributed by atoms with Crippen LogP contribution in [0, 0.1) is 11.3 Å². The third kappa shape index (κ3) is 3.05. The van der Waals surface area contributed by atoms with Crippen LogP contribution in [0.1, 0.15) is 37.0 Å². The maximum absolute atomic E-state index is 12.4. The molecule has 2 rings (SSSR count). The summed E-state index contributed by atoms with van der Waals surface area (Å²) in [5.41, 5.74) is 0.584. The van der Waals surface area contributed by atoms with E-state index in [-0.39, 0.29) is 18.1 Å². The molecule has 0 spiro atoms. The number of likely N-dealkylation sites (tertiary alicyclic amines) is 1. The van der Waals surface area contributed by atoms with E-state index in [0.29, 0.717) is 17.9 Å². The number of nitrogens with zero attached hydrogens (tertiary/aromatic N) is 2. The highest BCUT2D eigenvalue weighted by atomic mass is 16.5. The van der Waals surface area contributed by atoms with Crippen LogP contribution < -0.4 is 4.74 Å². The molecule has 100 valence electrons. The van der Waals surface area contributed by atoms with Crippen molar-refractivity contribution in [1.82, 2.24) is 4.90 Å². The van der Waals surface area contributed by atoms with Crippen molar-refractivity contribution >= 4 is 5.91 Å². The molecule has 0 aromatic heterocycles. The average molecular weight is 258 g/mol. The minimum Gasteiger partial charge on any atom is -0.491 e. The quantitative estimate of drug-likeness (QED) is 0.837. The van der Waals surface area contributed by atoms with Gasteiger partial charge in [-0.2, -0.15) is 5.26 Å². The summed E-state index contributed by atoms with van der Waals surface area (Å²) in [7, 11) is 0. The lowest BCUT2D eigenvalue weighted by Gasteiger charge is -2.20. The SMILES string of the molecule is CC(C)Oc1cccc(C(=O)N2CCCC2C#N)c1. The first kappa shape index (κ1) is 13.4. The monoisotopic (exact) mass is 258 g/mol. The molecule has 1 aliphatic rings. The number of benzene rings is 1. The third-order valence-corrected chi connectivity index (χ3v) is 3.12. The molecule has 0 bridgehead atoms. The molecule has 1 atom stereocenters. The van der Waals surface area contributed by atoms with E-state index in [1.165, 1.54) is 0 Å². The lowest BCUT2D eigenvalue weighted by Crippen LogP contribution is -2.34. The fraction of sp³-hybridized carbons (Fsp3) is 0.467. The zero-order chi connectivity index (χ0) is 13.8. The van der Waals surface area contributed by atoms with Crippen LogP contribution in [0.15, 0.2) is 24.3 Å². The van der Waals surface area contributed by atoms with Crippen molar-refractivity contribution in [2.24, 2.45) is 0 Å². The summed E-state index contributed by atoms with van der Waals surface area (Å²) in [5.74, 6) is 0.604. The van der Waals surface area contributed by atoms with Gasteiger partial charge in [0.05, 0.1) is 12.2 Å². The van der Waals surface area contributed by atoms with Crippen LogP contribution in [0.5, 0.6) is 5.75 Å². The van der Waals surface area contributed by atoms with Crippen molar-refractivity contribution in [2.45, 2.75) is 38.8 Å². The molecule has 0 radical (unpaired) electrons. The summed E-state index contributed by atoms with van der Waals surface area (Å²) >= 11 is 0. The summed E-state index contributed by atoms with van der Waals surface area (Å²) in [4.78, 5) is 14.0. The predicted molar refractivity (Wildman–Crippen MR) is 71.9 cm³/mol. The first-order valence-electron chi connectivity index (χ1n) is 6.59. The average Bonchev–Trinajstić information content (AvgIpc) is 2.85. The van der Waals surface area contributed by atoms with Crippen molar-refractivity contribution in [2.75, 3.05) is 6.54 Å². The molecular weight excluding hydrogens is 240 g/mol. The van der Waals surface area contributed by atoms with Crippen molar-refractivity contribution < 1.29 is 9.53 Å². The largest absolute Gasteiger partial charge is 0.491 e. The zero-order valence-corrected chi connectivity index (χ0v) is 11.3. The fourth-order valence-corrected chi connectivity index (χ4v) is 2.28. The second-order valence-electron chi connectivity index (χ2n) is 4.98. The zero-order valence-electron chi connectivity index (χ0n) is 11.3. The summed E-state index contributed by atoms with van der Waals surface area (Å²) in [6, 6.07) is 9.05. The van der Waals surface area contributed by atoms with Crippen molar-refractivity contribution in [3.05, 3.63) is 29.8 Å². The van der Waals surface area contributed by atoms with Crippen LogP contribution in [-0.4, -0.2) is 29.5 Å². The van der Waals surface area contributed by atoms with Crippen LogP contribution in [0.4, 0.5) is 0 Å². The highest BCUT2D eigenvalue weighted by Gasteiger charge is 2.29. The third-order valence-electron chi connectivity index (χ3n) is 3.12. The number of amides is 1. The fourth-order valence-electron chi connectivity index (χ4n) is 2.28. The Labute approximate surface area is 113 Å². The first-order valence-corrected chi connectivity index (χ1v) is 6.59. The minimum atomic E-state index is -0.290. The van der Waals surface area contributed by atoms with Gasteiger partial charge < -0.3 is 9.64 Å². The molecule has 0 N–H and O–H groups in total. The van der Waals surface area contributed by atoms with Gasteiger partial charge in [0.15, 0.2) is 0 Å². The van der Waals surface area contributed by atoms with E-state index in [1.54, 1.807) is 17.0 Å². The molecule has 4 heteroatoms. The Hall–Kier alpha value is -2.02. The van der Waals surface area contributed by atoms with E-state index >= 15 is 0 Å². The van der Waals surface area contributed by atoms with Gasteiger partial charge in [0.2, 0.25) is 0 Å². The number of hydrogen-bond donors (Lipinski definition) is 0. The lowest BCUT2D eigenvalue weighted by molar-refractivity contribution is 0.0764. The van der Waals surface area contributed by atoms with E-state index in [4.69, 9.17) is 10.00 Å². The molecule has 1 aromatic rings. The van der Waals surface area contributed by atoms with Gasteiger partial charge in [0, 0.05) is 12.1 Å². The van der Waals surface area contributed by atoms with Crippen molar-refractivity contribution in [3.8, 4) is 11.8 Å². The Kier molecular flexibility index (Phi) is 4.06. The van der Waals surface area contributed by atoms with E-state index in [9.17, 15) is 4.79 Å². The van der Waals surface area contributed by atoms with E-state index in [0.717, 1.165) is 12.8 Å². The molecule has 0 aliphatic carbocycles. The topological polar surface area (TPSA) is 53.3 Å². The van der Waals surface area contributed by atoms with Crippen LogP contribution in [-0.2, 0) is 0 Å². The van der Waals surface area contributed by atoms with E-state index in [1.807, 2.05) is 26.0 Å². The maximum Gasteiger partial charge on any atom is 0.255 e. The van der Waals surface area contributed by atoms with E-state index in [2.05, 4.69) is 6.07 Å². The normalized spacial score (nSPS) is 18.4. The number of hydrogen-bond acceptors (Lipinski definition) is 3. The Morgan fingerprint density at radius 2 is 2.32 bits per heavy atom. The van der Waals surface area contributed by atoms with Gasteiger partial charge in [-0.1, -0.05) is 6.07 Å². The standard InChI is InChI=1S/C15H18N2O2/c1-11(2)19-14-7-3-5-12(9-14)15(18)17-8-4-6-13(17)10-16/h3,5,7,9,11,13H,4,6,8H2,1-2H3. The molecule has 0 saturated carbocycles. The number of carbonyl (C=O) groups excluding carboxylic acids is 1. The highest BCUT2D eigenvalue weighted by molar-refractivity contribution is 5.95. The van der Waals surface area contributed by atoms with Gasteiger partial charge >= 0.3 is 0 Å². The molecule has 1 aliphatic heterocycles. The van der Waals surface area contributed by atoms with Crippen molar-refractivity contribution in [1.29, 1.82) is 5.26 Å². The van der Waals surface area contributed by atoms with E-state index < -0.39 is 0 Å². The Morgan fingerprint density at radius 3 is 3.00 bits per heavy atom. The molecule has 19 heavy (non-hydrogen) atoms. The van der Waals surface area contributed by atoms with Gasteiger partial charge in [-0.15, -0.1) is 0 Å². The number of carbonyl (C=O) groups is 1. The van der Waals surface area contributed by atoms with Gasteiger partial charge in [0.25, 0.3) is 5.91 Å². The smallest absolute Gasteiger partial charge is 0.255 e. The van der Waals surface area contributed by atoms with Crippen LogP contribution in [0.2, 0.25) is 0 Å². The lowest BCUT2D eigenvalue weighted by atomic mass is 10.1. The Balaban J connectivity index is 2.17. The van der Waals surface area contributed by atoms with Crippen molar-refractivity contribution in [3.63, 3.8) is 0 Å². The molecule has 1 aromatic carbocycles. The predicted octanol–water partition coefficient (Wildman–Crippen LogP) is 2.60. The molecule has 1 fully saturated rings. The van der Waals surface area contributed by atoms with Gasteiger partial charge in [-0.3, -0.25) is 4.79 Å². The minimum absolute atomic E-state index is 0.0731. The number of rotatable bonds is 3. The summed E-state index contributed by atoms with van der Waals surface area (Å²) in [6.45, 7) is 4.55. The second kappa shape index (κ2) is 5.75. The summed E-state index contributed by atoms with van der Waals surface area (Å²) < 4.78 is 5.59. The van der Waals surface area contributed by atoms with Crippen LogP contribution in [0.25, 0.3) is 0 Å². The van der Waals surface area contributed by atoms with Crippen LogP contribution >= 0.6 is 0 Å². The second-order valence-corrected chi connectivity index (χ2v) is 4.98. The molecular formula is C15H18N2O2. The number of ether oxygens (including phenoxy) is 1.